The van der Waals surface area contributed by atoms with E-state index >= 15 is 0 Å². The summed E-state index contributed by atoms with van der Waals surface area (Å²) in [5.41, 5.74) is 6.36. The van der Waals surface area contributed by atoms with E-state index in [4.69, 9.17) is 5.73 Å². The van der Waals surface area contributed by atoms with Gasteiger partial charge in [0.2, 0.25) is 0 Å². The van der Waals surface area contributed by atoms with E-state index in [9.17, 15) is 4.39 Å². The average Bonchev–Trinajstić information content (AvgIpc) is 3.07. The Hall–Kier alpha value is -1.98. The summed E-state index contributed by atoms with van der Waals surface area (Å²) in [6.45, 7) is 0.733. The van der Waals surface area contributed by atoms with Crippen molar-refractivity contribution in [1.29, 1.82) is 0 Å². The maximum atomic E-state index is 13.9. The third-order valence-corrected chi connectivity index (χ3v) is 3.99. The number of hydrogen-bond donors (Lipinski definition) is 1. The lowest BCUT2D eigenvalue weighted by molar-refractivity contribution is 0.436. The Balaban J connectivity index is 1.78. The van der Waals surface area contributed by atoms with Gasteiger partial charge >= 0.3 is 0 Å². The minimum absolute atomic E-state index is 0.387. The van der Waals surface area contributed by atoms with Crippen molar-refractivity contribution < 1.29 is 4.39 Å². The molecule has 0 amide bonds. The number of anilines is 1. The van der Waals surface area contributed by atoms with E-state index < -0.39 is 0 Å². The van der Waals surface area contributed by atoms with Crippen LogP contribution >= 0.6 is 0 Å². The molecule has 1 aromatic carbocycles. The van der Waals surface area contributed by atoms with Gasteiger partial charge in [-0.25, -0.2) is 9.07 Å². The van der Waals surface area contributed by atoms with Crippen LogP contribution in [0.1, 0.15) is 32.1 Å². The van der Waals surface area contributed by atoms with Gasteiger partial charge in [-0.1, -0.05) is 25.7 Å². The summed E-state index contributed by atoms with van der Waals surface area (Å²) < 4.78 is 15.6. The Kier molecular flexibility index (Phi) is 3.62. The van der Waals surface area contributed by atoms with Crippen molar-refractivity contribution in [2.45, 2.75) is 38.6 Å². The van der Waals surface area contributed by atoms with E-state index in [0.717, 1.165) is 18.9 Å². The lowest BCUT2D eigenvalue weighted by Gasteiger charge is -2.10. The van der Waals surface area contributed by atoms with Gasteiger partial charge in [0, 0.05) is 12.2 Å². The molecule has 0 atom stereocenters. The van der Waals surface area contributed by atoms with Crippen LogP contribution in [0.3, 0.4) is 0 Å². The molecule has 1 heterocycles. The van der Waals surface area contributed by atoms with Gasteiger partial charge in [0.25, 0.3) is 0 Å². The summed E-state index contributed by atoms with van der Waals surface area (Å²) in [7, 11) is 0. The van der Waals surface area contributed by atoms with Gasteiger partial charge in [0.05, 0.1) is 5.56 Å². The molecule has 0 spiro atoms. The normalized spacial score (nSPS) is 15.8. The molecule has 2 N–H and O–H groups in total. The molecule has 0 bridgehead atoms. The molecule has 0 unspecified atom stereocenters. The van der Waals surface area contributed by atoms with Crippen molar-refractivity contribution in [3.05, 3.63) is 24.0 Å². The van der Waals surface area contributed by atoms with Gasteiger partial charge in [0.1, 0.15) is 5.82 Å². The highest BCUT2D eigenvalue weighted by molar-refractivity contribution is 5.59. The summed E-state index contributed by atoms with van der Waals surface area (Å²) >= 11 is 0. The van der Waals surface area contributed by atoms with Crippen LogP contribution in [0.5, 0.6) is 0 Å². The maximum absolute atomic E-state index is 13.9. The van der Waals surface area contributed by atoms with E-state index in [-0.39, 0.29) is 5.82 Å². The predicted molar refractivity (Wildman–Crippen MR) is 74.2 cm³/mol. The van der Waals surface area contributed by atoms with Crippen LogP contribution in [0.15, 0.2) is 18.2 Å². The number of rotatable bonds is 4. The van der Waals surface area contributed by atoms with Crippen LogP contribution < -0.4 is 5.73 Å². The average molecular weight is 275 g/mol. The van der Waals surface area contributed by atoms with Gasteiger partial charge in [-0.05, 0) is 41.0 Å². The number of tetrazole rings is 1. The maximum Gasteiger partial charge on any atom is 0.184 e. The molecule has 1 fully saturated rings. The Morgan fingerprint density at radius 2 is 2.10 bits per heavy atom. The Labute approximate surface area is 117 Å². The minimum Gasteiger partial charge on any atom is -0.399 e. The monoisotopic (exact) mass is 275 g/mol. The van der Waals surface area contributed by atoms with E-state index in [1.807, 2.05) is 0 Å². The fourth-order valence-corrected chi connectivity index (χ4v) is 2.86. The largest absolute Gasteiger partial charge is 0.399 e. The molecular formula is C14H18FN5. The highest BCUT2D eigenvalue weighted by Gasteiger charge is 2.18. The summed E-state index contributed by atoms with van der Waals surface area (Å²) in [5.74, 6) is 0.839. The Morgan fingerprint density at radius 1 is 1.30 bits per heavy atom. The van der Waals surface area contributed by atoms with Crippen molar-refractivity contribution in [2.24, 2.45) is 5.92 Å². The number of aromatic nitrogens is 4. The molecule has 1 aliphatic carbocycles. The second-order valence-corrected chi connectivity index (χ2v) is 5.40. The van der Waals surface area contributed by atoms with Gasteiger partial charge < -0.3 is 5.73 Å². The van der Waals surface area contributed by atoms with Crippen molar-refractivity contribution in [2.75, 3.05) is 5.73 Å². The highest BCUT2D eigenvalue weighted by Crippen LogP contribution is 2.28. The number of nitrogen functional groups attached to an aromatic ring is 1. The standard InChI is InChI=1S/C14H18FN5/c15-13-9-11(16)5-6-12(13)14-17-18-19-20(14)8-7-10-3-1-2-4-10/h5-6,9-10H,1-4,7-8,16H2. The van der Waals surface area contributed by atoms with Crippen molar-refractivity contribution >= 4 is 5.69 Å². The molecule has 6 heteroatoms. The first-order chi connectivity index (χ1) is 9.74. The zero-order valence-electron chi connectivity index (χ0n) is 11.3. The molecule has 1 aliphatic rings. The van der Waals surface area contributed by atoms with Gasteiger partial charge in [-0.2, -0.15) is 0 Å². The van der Waals surface area contributed by atoms with Crippen molar-refractivity contribution in [3.8, 4) is 11.4 Å². The molecule has 0 saturated heterocycles. The number of nitrogens with zero attached hydrogens (tertiary/aromatic N) is 4. The quantitative estimate of drug-likeness (QED) is 0.871. The predicted octanol–water partition coefficient (Wildman–Crippen LogP) is 2.64. The fourth-order valence-electron chi connectivity index (χ4n) is 2.86. The van der Waals surface area contributed by atoms with Crippen molar-refractivity contribution in [1.82, 2.24) is 20.2 Å². The SMILES string of the molecule is Nc1ccc(-c2nnnn2CCC2CCCC2)c(F)c1. The number of benzene rings is 1. The number of halogens is 1. The van der Waals surface area contributed by atoms with Crippen molar-refractivity contribution in [3.63, 3.8) is 0 Å². The van der Waals surface area contributed by atoms with Crippen LogP contribution in [0.2, 0.25) is 0 Å². The topological polar surface area (TPSA) is 69.6 Å². The molecule has 1 aromatic heterocycles. The number of nitrogens with two attached hydrogens (primary N) is 1. The third kappa shape index (κ3) is 2.64. The third-order valence-electron chi connectivity index (χ3n) is 3.99. The number of hydrogen-bond acceptors (Lipinski definition) is 4. The van der Waals surface area contributed by atoms with Crippen LogP contribution in [0.4, 0.5) is 10.1 Å². The first kappa shape index (κ1) is 13.0. The highest BCUT2D eigenvalue weighted by atomic mass is 19.1. The van der Waals surface area contributed by atoms with E-state index in [1.165, 1.54) is 31.7 Å². The van der Waals surface area contributed by atoms with Gasteiger partial charge in [-0.3, -0.25) is 0 Å². The molecule has 5 nitrogen and oxygen atoms in total. The molecule has 3 rings (SSSR count). The van der Waals surface area contributed by atoms with E-state index in [1.54, 1.807) is 16.8 Å². The second kappa shape index (κ2) is 5.56. The molecule has 0 radical (unpaired) electrons. The Morgan fingerprint density at radius 3 is 2.85 bits per heavy atom. The second-order valence-electron chi connectivity index (χ2n) is 5.40. The van der Waals surface area contributed by atoms with Crippen LogP contribution in [-0.2, 0) is 6.54 Å². The zero-order valence-corrected chi connectivity index (χ0v) is 11.3. The fraction of sp³-hybridized carbons (Fsp3) is 0.500. The molecule has 1 saturated carbocycles. The first-order valence-electron chi connectivity index (χ1n) is 7.05. The van der Waals surface area contributed by atoms with Crippen LogP contribution in [-0.4, -0.2) is 20.2 Å². The lowest BCUT2D eigenvalue weighted by atomic mass is 10.0. The Bertz CT molecular complexity index is 589. The van der Waals surface area contributed by atoms with Gasteiger partial charge in [-0.15, -0.1) is 5.10 Å². The van der Waals surface area contributed by atoms with Crippen LogP contribution in [0, 0.1) is 11.7 Å². The number of aryl methyl sites for hydroxylation is 1. The summed E-state index contributed by atoms with van der Waals surface area (Å²) in [6.07, 6.45) is 6.26. The summed E-state index contributed by atoms with van der Waals surface area (Å²) in [6, 6.07) is 4.59. The van der Waals surface area contributed by atoms with E-state index in [2.05, 4.69) is 15.5 Å². The minimum atomic E-state index is -0.387. The smallest absolute Gasteiger partial charge is 0.184 e. The molecule has 20 heavy (non-hydrogen) atoms. The molecular weight excluding hydrogens is 257 g/mol. The van der Waals surface area contributed by atoms with Crippen LogP contribution in [0.25, 0.3) is 11.4 Å². The molecule has 2 aromatic rings. The zero-order chi connectivity index (χ0) is 13.9. The van der Waals surface area contributed by atoms with Gasteiger partial charge in [0.15, 0.2) is 5.82 Å². The first-order valence-corrected chi connectivity index (χ1v) is 7.05. The molecule has 106 valence electrons. The summed E-state index contributed by atoms with van der Waals surface area (Å²) in [5, 5.41) is 11.6. The summed E-state index contributed by atoms with van der Waals surface area (Å²) in [4.78, 5) is 0. The van der Waals surface area contributed by atoms with E-state index in [0.29, 0.717) is 17.1 Å². The lowest BCUT2D eigenvalue weighted by Crippen LogP contribution is -2.07. The molecule has 0 aliphatic heterocycles.